The molecule has 5 heteroatoms. The van der Waals surface area contributed by atoms with Crippen LogP contribution in [0.25, 0.3) is 0 Å². The average molecular weight is 213 g/mol. The van der Waals surface area contributed by atoms with Gasteiger partial charge < -0.3 is 10.4 Å². The number of nitrogens with zero attached hydrogens (tertiary/aromatic N) is 2. The summed E-state index contributed by atoms with van der Waals surface area (Å²) in [6, 6.07) is 0.734. The third-order valence-corrected chi connectivity index (χ3v) is 3.30. The average Bonchev–Trinajstić information content (AvgIpc) is 2.60. The van der Waals surface area contributed by atoms with Gasteiger partial charge in [-0.25, -0.2) is 4.79 Å². The summed E-state index contributed by atoms with van der Waals surface area (Å²) in [6.45, 7) is 6.12. The van der Waals surface area contributed by atoms with Crippen LogP contribution >= 0.6 is 0 Å². The Morgan fingerprint density at radius 3 is 2.60 bits per heavy atom. The lowest BCUT2D eigenvalue weighted by molar-refractivity contribution is 0.0492. The molecule has 0 bridgehead atoms. The van der Waals surface area contributed by atoms with Gasteiger partial charge in [0.2, 0.25) is 0 Å². The Hall–Kier alpha value is -0.810. The molecular formula is C10H19N3O2. The predicted molar refractivity (Wildman–Crippen MR) is 57.1 cm³/mol. The second-order valence-corrected chi connectivity index (χ2v) is 4.39. The number of likely N-dealkylation sites (tertiary alicyclic amines) is 2. The molecule has 15 heavy (non-hydrogen) atoms. The lowest BCUT2D eigenvalue weighted by Crippen LogP contribution is -2.59. The highest BCUT2D eigenvalue weighted by atomic mass is 16.4. The van der Waals surface area contributed by atoms with Crippen LogP contribution in [0.5, 0.6) is 0 Å². The second-order valence-electron chi connectivity index (χ2n) is 4.39. The fourth-order valence-corrected chi connectivity index (χ4v) is 2.38. The van der Waals surface area contributed by atoms with Gasteiger partial charge in [-0.1, -0.05) is 0 Å². The lowest BCUT2D eigenvalue weighted by Gasteiger charge is -2.44. The Labute approximate surface area is 90.0 Å². The maximum atomic E-state index is 10.2. The summed E-state index contributed by atoms with van der Waals surface area (Å²) >= 11 is 0. The van der Waals surface area contributed by atoms with Crippen molar-refractivity contribution in [2.24, 2.45) is 0 Å². The molecule has 2 fully saturated rings. The summed E-state index contributed by atoms with van der Waals surface area (Å²) < 4.78 is 0. The van der Waals surface area contributed by atoms with Crippen molar-refractivity contribution in [3.63, 3.8) is 0 Å². The predicted octanol–water partition coefficient (Wildman–Crippen LogP) is 0.0340. The highest BCUT2D eigenvalue weighted by Crippen LogP contribution is 2.19. The third-order valence-electron chi connectivity index (χ3n) is 3.30. The van der Waals surface area contributed by atoms with E-state index in [9.17, 15) is 4.79 Å². The van der Waals surface area contributed by atoms with Crippen LogP contribution in [0.15, 0.2) is 0 Å². The van der Waals surface area contributed by atoms with E-state index >= 15 is 0 Å². The topological polar surface area (TPSA) is 55.8 Å². The number of carbonyl (C=O) groups is 1. The van der Waals surface area contributed by atoms with Gasteiger partial charge in [0.25, 0.3) is 0 Å². The van der Waals surface area contributed by atoms with Gasteiger partial charge in [0.1, 0.15) is 0 Å². The van der Waals surface area contributed by atoms with Gasteiger partial charge >= 0.3 is 6.09 Å². The van der Waals surface area contributed by atoms with Gasteiger partial charge in [0.05, 0.1) is 0 Å². The summed E-state index contributed by atoms with van der Waals surface area (Å²) in [5.41, 5.74) is 0. The molecule has 2 heterocycles. The fraction of sp³-hybridized carbons (Fsp3) is 0.900. The summed E-state index contributed by atoms with van der Waals surface area (Å²) in [5, 5.41) is 10.8. The molecular weight excluding hydrogens is 194 g/mol. The minimum atomic E-state index is -0.924. The molecule has 0 aromatic rings. The molecule has 0 aliphatic carbocycles. The van der Waals surface area contributed by atoms with Crippen molar-refractivity contribution in [3.8, 4) is 0 Å². The number of hydrogen-bond donors (Lipinski definition) is 2. The van der Waals surface area contributed by atoms with Gasteiger partial charge in [-0.05, 0) is 25.9 Å². The van der Waals surface area contributed by atoms with Crippen LogP contribution in [-0.2, 0) is 0 Å². The summed E-state index contributed by atoms with van der Waals surface area (Å²) in [4.78, 5) is 15.1. The van der Waals surface area contributed by atoms with E-state index in [2.05, 4.69) is 15.1 Å². The van der Waals surface area contributed by atoms with Crippen LogP contribution in [0, 0.1) is 0 Å². The maximum Gasteiger partial charge on any atom is 0.404 e. The van der Waals surface area contributed by atoms with Gasteiger partial charge in [0.15, 0.2) is 0 Å². The zero-order valence-electron chi connectivity index (χ0n) is 8.98. The highest BCUT2D eigenvalue weighted by molar-refractivity contribution is 5.64. The minimum absolute atomic E-state index is 0.544. The molecule has 0 aromatic carbocycles. The lowest BCUT2D eigenvalue weighted by atomic mass is 10.1. The molecule has 1 amide bonds. The minimum Gasteiger partial charge on any atom is -0.465 e. The first-order valence-corrected chi connectivity index (χ1v) is 5.69. The van der Waals surface area contributed by atoms with E-state index in [1.807, 2.05) is 0 Å². The van der Waals surface area contributed by atoms with E-state index in [0.717, 1.165) is 25.7 Å². The molecule has 0 spiro atoms. The second kappa shape index (κ2) is 4.81. The van der Waals surface area contributed by atoms with Crippen molar-refractivity contribution in [3.05, 3.63) is 0 Å². The molecule has 2 saturated heterocycles. The smallest absolute Gasteiger partial charge is 0.404 e. The maximum absolute atomic E-state index is 10.2. The van der Waals surface area contributed by atoms with Crippen LogP contribution in [0.4, 0.5) is 4.79 Å². The molecule has 2 N–H and O–H groups in total. The molecule has 2 rings (SSSR count). The molecule has 0 saturated carbocycles. The summed E-state index contributed by atoms with van der Waals surface area (Å²) in [6.07, 6.45) is 1.76. The Bertz CT molecular complexity index is 223. The normalized spacial score (nSPS) is 24.0. The van der Waals surface area contributed by atoms with Crippen LogP contribution in [-0.4, -0.2) is 66.3 Å². The van der Waals surface area contributed by atoms with E-state index < -0.39 is 6.09 Å². The summed E-state index contributed by atoms with van der Waals surface area (Å²) in [5.74, 6) is 0. The first-order chi connectivity index (χ1) is 7.25. The number of rotatable bonds is 4. The molecule has 2 aliphatic heterocycles. The Morgan fingerprint density at radius 2 is 2.00 bits per heavy atom. The largest absolute Gasteiger partial charge is 0.465 e. The van der Waals surface area contributed by atoms with E-state index in [4.69, 9.17) is 5.11 Å². The Kier molecular flexibility index (Phi) is 3.43. The van der Waals surface area contributed by atoms with Crippen LogP contribution in [0.3, 0.4) is 0 Å². The van der Waals surface area contributed by atoms with E-state index in [1.165, 1.54) is 25.9 Å². The van der Waals surface area contributed by atoms with Crippen molar-refractivity contribution in [2.45, 2.75) is 18.9 Å². The van der Waals surface area contributed by atoms with Crippen molar-refractivity contribution in [1.29, 1.82) is 0 Å². The molecule has 0 aromatic heterocycles. The van der Waals surface area contributed by atoms with Gasteiger partial charge in [-0.3, -0.25) is 9.80 Å². The van der Waals surface area contributed by atoms with E-state index in [1.54, 1.807) is 0 Å². The van der Waals surface area contributed by atoms with Crippen molar-refractivity contribution >= 4 is 6.09 Å². The standard InChI is InChI=1S/C10H19N3O2/c14-10(15)11-3-6-12-7-9(8-12)13-4-1-2-5-13/h9,11H,1-8H2,(H,14,15). The monoisotopic (exact) mass is 213 g/mol. The number of carboxylic acid groups (broad SMARTS) is 1. The zero-order chi connectivity index (χ0) is 10.7. The van der Waals surface area contributed by atoms with Crippen LogP contribution < -0.4 is 5.32 Å². The third kappa shape index (κ3) is 2.82. The van der Waals surface area contributed by atoms with Crippen molar-refractivity contribution < 1.29 is 9.90 Å². The molecule has 2 aliphatic rings. The first kappa shape index (κ1) is 10.7. The molecule has 0 atom stereocenters. The Morgan fingerprint density at radius 1 is 1.33 bits per heavy atom. The Balaban J connectivity index is 1.55. The summed E-state index contributed by atoms with van der Waals surface area (Å²) in [7, 11) is 0. The van der Waals surface area contributed by atoms with Crippen molar-refractivity contribution in [1.82, 2.24) is 15.1 Å². The number of amides is 1. The van der Waals surface area contributed by atoms with Gasteiger partial charge in [-0.2, -0.15) is 0 Å². The molecule has 5 nitrogen and oxygen atoms in total. The molecule has 86 valence electrons. The van der Waals surface area contributed by atoms with Crippen LogP contribution in [0.2, 0.25) is 0 Å². The van der Waals surface area contributed by atoms with E-state index in [0.29, 0.717) is 6.54 Å². The quantitative estimate of drug-likeness (QED) is 0.692. The van der Waals surface area contributed by atoms with Gasteiger partial charge in [0, 0.05) is 32.2 Å². The SMILES string of the molecule is O=C(O)NCCN1CC(N2CCCC2)C1. The molecule has 0 unspecified atom stereocenters. The zero-order valence-corrected chi connectivity index (χ0v) is 8.98. The van der Waals surface area contributed by atoms with E-state index in [-0.39, 0.29) is 0 Å². The number of nitrogens with one attached hydrogen (secondary N) is 1. The molecule has 0 radical (unpaired) electrons. The first-order valence-electron chi connectivity index (χ1n) is 5.69. The van der Waals surface area contributed by atoms with Crippen molar-refractivity contribution in [2.75, 3.05) is 39.3 Å². The number of hydrogen-bond acceptors (Lipinski definition) is 3. The highest BCUT2D eigenvalue weighted by Gasteiger charge is 2.32. The van der Waals surface area contributed by atoms with Gasteiger partial charge in [-0.15, -0.1) is 0 Å². The fourth-order valence-electron chi connectivity index (χ4n) is 2.38. The van der Waals surface area contributed by atoms with Crippen LogP contribution in [0.1, 0.15) is 12.8 Å².